The summed E-state index contributed by atoms with van der Waals surface area (Å²) < 4.78 is 14.7. The summed E-state index contributed by atoms with van der Waals surface area (Å²) >= 11 is 0. The fourth-order valence-electron chi connectivity index (χ4n) is 2.23. The highest BCUT2D eigenvalue weighted by Crippen LogP contribution is 2.20. The van der Waals surface area contributed by atoms with E-state index >= 15 is 0 Å². The molecule has 0 saturated carbocycles. The first-order chi connectivity index (χ1) is 9.99. The monoisotopic (exact) mass is 285 g/mol. The van der Waals surface area contributed by atoms with Crippen molar-refractivity contribution in [1.82, 2.24) is 9.55 Å². The van der Waals surface area contributed by atoms with Gasteiger partial charge < -0.3 is 10.7 Å². The molecule has 0 aliphatic carbocycles. The van der Waals surface area contributed by atoms with Gasteiger partial charge >= 0.3 is 5.69 Å². The quantitative estimate of drug-likeness (QED) is 0.671. The Balaban J connectivity index is 2.28. The van der Waals surface area contributed by atoms with Gasteiger partial charge in [0.25, 0.3) is 5.91 Å². The van der Waals surface area contributed by atoms with Crippen LogP contribution in [0.4, 0.5) is 10.1 Å². The molecule has 0 radical (unpaired) electrons. The predicted molar refractivity (Wildman–Crippen MR) is 77.8 cm³/mol. The first kappa shape index (κ1) is 13.1. The summed E-state index contributed by atoms with van der Waals surface area (Å²) in [5, 5.41) is 0. The minimum absolute atomic E-state index is 0.157. The molecule has 0 unspecified atom stereocenters. The maximum absolute atomic E-state index is 13.7. The van der Waals surface area contributed by atoms with Crippen molar-refractivity contribution in [3.63, 3.8) is 0 Å². The molecule has 1 aromatic heterocycles. The molecule has 3 aromatic rings. The van der Waals surface area contributed by atoms with E-state index in [4.69, 9.17) is 5.73 Å². The molecule has 0 spiro atoms. The van der Waals surface area contributed by atoms with Crippen LogP contribution in [0.3, 0.4) is 0 Å². The van der Waals surface area contributed by atoms with Crippen LogP contribution in [0, 0.1) is 12.7 Å². The highest BCUT2D eigenvalue weighted by Gasteiger charge is 2.19. The Hall–Kier alpha value is -2.89. The number of halogens is 1. The van der Waals surface area contributed by atoms with Crippen molar-refractivity contribution in [1.29, 1.82) is 0 Å². The lowest BCUT2D eigenvalue weighted by atomic mass is 10.1. The summed E-state index contributed by atoms with van der Waals surface area (Å²) in [5.74, 6) is -1.38. The lowest BCUT2D eigenvalue weighted by molar-refractivity contribution is 0.0957. The van der Waals surface area contributed by atoms with Gasteiger partial charge in [0.15, 0.2) is 0 Å². The third-order valence-electron chi connectivity index (χ3n) is 3.38. The maximum atomic E-state index is 13.7. The van der Waals surface area contributed by atoms with Gasteiger partial charge in [-0.1, -0.05) is 12.1 Å². The molecule has 0 bridgehead atoms. The molecular weight excluding hydrogens is 273 g/mol. The van der Waals surface area contributed by atoms with Gasteiger partial charge in [-0.15, -0.1) is 0 Å². The number of nitrogens with zero attached hydrogens (tertiary/aromatic N) is 1. The number of hydrogen-bond donors (Lipinski definition) is 2. The first-order valence-corrected chi connectivity index (χ1v) is 6.29. The van der Waals surface area contributed by atoms with Crippen LogP contribution in [-0.2, 0) is 0 Å². The van der Waals surface area contributed by atoms with Crippen LogP contribution in [0.2, 0.25) is 0 Å². The van der Waals surface area contributed by atoms with Gasteiger partial charge in [-0.2, -0.15) is 0 Å². The number of hydrogen-bond acceptors (Lipinski definition) is 3. The van der Waals surface area contributed by atoms with Gasteiger partial charge in [0.05, 0.1) is 16.6 Å². The molecule has 0 amide bonds. The normalized spacial score (nSPS) is 11.0. The lowest BCUT2D eigenvalue weighted by Gasteiger charge is -2.05. The highest BCUT2D eigenvalue weighted by molar-refractivity contribution is 6.01. The van der Waals surface area contributed by atoms with E-state index in [1.54, 1.807) is 25.1 Å². The molecule has 1 heterocycles. The number of anilines is 1. The zero-order valence-corrected chi connectivity index (χ0v) is 11.2. The van der Waals surface area contributed by atoms with E-state index < -0.39 is 17.4 Å². The Labute approximate surface area is 118 Å². The van der Waals surface area contributed by atoms with E-state index in [-0.39, 0.29) is 5.56 Å². The predicted octanol–water partition coefficient (Wildman–Crippen LogP) is 2.05. The molecule has 0 atom stereocenters. The number of aromatic nitrogens is 2. The second-order valence-corrected chi connectivity index (χ2v) is 4.78. The molecule has 3 rings (SSSR count). The fraction of sp³-hybridized carbons (Fsp3) is 0.0667. The minimum atomic E-state index is -0.714. The number of aromatic amines is 1. The molecule has 2 aromatic carbocycles. The molecule has 21 heavy (non-hydrogen) atoms. The second-order valence-electron chi connectivity index (χ2n) is 4.78. The number of imidazole rings is 1. The van der Waals surface area contributed by atoms with Crippen LogP contribution in [0.25, 0.3) is 11.0 Å². The Morgan fingerprint density at radius 2 is 2.00 bits per heavy atom. The van der Waals surface area contributed by atoms with Gasteiger partial charge in [0.1, 0.15) is 5.82 Å². The standard InChI is InChI=1S/C15H12FN3O2/c1-8-6-13-12(7-11(8)17)18-15(21)19(13)14(20)9-4-2-3-5-10(9)16/h2-7H,17H2,1H3,(H,18,21). The molecule has 3 N–H and O–H groups in total. The summed E-state index contributed by atoms with van der Waals surface area (Å²) in [4.78, 5) is 27.0. The van der Waals surface area contributed by atoms with E-state index in [1.807, 2.05) is 0 Å². The number of nitrogen functional groups attached to an aromatic ring is 1. The number of carbonyl (C=O) groups is 1. The van der Waals surface area contributed by atoms with E-state index in [2.05, 4.69) is 4.98 Å². The van der Waals surface area contributed by atoms with E-state index in [0.29, 0.717) is 16.7 Å². The molecule has 106 valence electrons. The smallest absolute Gasteiger partial charge is 0.333 e. The summed E-state index contributed by atoms with van der Waals surface area (Å²) in [6.07, 6.45) is 0. The van der Waals surface area contributed by atoms with Crippen LogP contribution >= 0.6 is 0 Å². The Morgan fingerprint density at radius 1 is 1.29 bits per heavy atom. The number of rotatable bonds is 1. The van der Waals surface area contributed by atoms with Crippen LogP contribution in [0.15, 0.2) is 41.2 Å². The molecule has 0 aliphatic heterocycles. The molecule has 0 saturated heterocycles. The van der Waals surface area contributed by atoms with Gasteiger partial charge in [-0.05, 0) is 36.8 Å². The van der Waals surface area contributed by atoms with Crippen LogP contribution in [-0.4, -0.2) is 15.5 Å². The van der Waals surface area contributed by atoms with Gasteiger partial charge in [-0.3, -0.25) is 4.79 Å². The molecule has 0 fully saturated rings. The molecule has 6 heteroatoms. The topological polar surface area (TPSA) is 80.9 Å². The van der Waals surface area contributed by atoms with Gasteiger partial charge in [0, 0.05) is 5.69 Å². The molecular formula is C15H12FN3O2. The van der Waals surface area contributed by atoms with E-state index in [0.717, 1.165) is 10.1 Å². The number of fused-ring (bicyclic) bond motifs is 1. The zero-order chi connectivity index (χ0) is 15.1. The van der Waals surface area contributed by atoms with Crippen molar-refractivity contribution < 1.29 is 9.18 Å². The van der Waals surface area contributed by atoms with Crippen LogP contribution < -0.4 is 11.4 Å². The van der Waals surface area contributed by atoms with Gasteiger partial charge in [0.2, 0.25) is 0 Å². The van der Waals surface area contributed by atoms with Crippen LogP contribution in [0.5, 0.6) is 0 Å². The average molecular weight is 285 g/mol. The van der Waals surface area contributed by atoms with Gasteiger partial charge in [-0.25, -0.2) is 13.8 Å². The highest BCUT2D eigenvalue weighted by atomic mass is 19.1. The van der Waals surface area contributed by atoms with E-state index in [9.17, 15) is 14.0 Å². The summed E-state index contributed by atoms with van der Waals surface area (Å²) in [7, 11) is 0. The number of nitrogens with one attached hydrogen (secondary N) is 1. The average Bonchev–Trinajstić information content (AvgIpc) is 2.74. The number of nitrogens with two attached hydrogens (primary N) is 1. The Kier molecular flexibility index (Phi) is 2.86. The summed E-state index contributed by atoms with van der Waals surface area (Å²) in [5.41, 5.74) is 7.06. The van der Waals surface area contributed by atoms with Crippen molar-refractivity contribution in [2.45, 2.75) is 6.92 Å². The first-order valence-electron chi connectivity index (χ1n) is 6.29. The van der Waals surface area contributed by atoms with Crippen molar-refractivity contribution in [3.8, 4) is 0 Å². The molecule has 0 aliphatic rings. The third kappa shape index (κ3) is 2.01. The second kappa shape index (κ2) is 4.59. The number of H-pyrrole nitrogens is 1. The number of carbonyl (C=O) groups excluding carboxylic acids is 1. The zero-order valence-electron chi connectivity index (χ0n) is 11.2. The lowest BCUT2D eigenvalue weighted by Crippen LogP contribution is -2.25. The van der Waals surface area contributed by atoms with Crippen molar-refractivity contribution in [3.05, 3.63) is 63.8 Å². The van der Waals surface area contributed by atoms with Crippen molar-refractivity contribution in [2.75, 3.05) is 5.73 Å². The Morgan fingerprint density at radius 3 is 2.71 bits per heavy atom. The Bertz CT molecular complexity index is 924. The SMILES string of the molecule is Cc1cc2c(cc1N)[nH]c(=O)n2C(=O)c1ccccc1F. The van der Waals surface area contributed by atoms with Crippen molar-refractivity contribution in [2.24, 2.45) is 0 Å². The van der Waals surface area contributed by atoms with Crippen LogP contribution in [0.1, 0.15) is 15.9 Å². The minimum Gasteiger partial charge on any atom is -0.398 e. The third-order valence-corrected chi connectivity index (χ3v) is 3.38. The van der Waals surface area contributed by atoms with E-state index in [1.165, 1.54) is 18.2 Å². The number of aryl methyl sites for hydroxylation is 1. The fourth-order valence-corrected chi connectivity index (χ4v) is 2.23. The number of benzene rings is 2. The molecule has 5 nitrogen and oxygen atoms in total. The largest absolute Gasteiger partial charge is 0.398 e. The van der Waals surface area contributed by atoms with Crippen molar-refractivity contribution >= 4 is 22.6 Å². The summed E-state index contributed by atoms with van der Waals surface area (Å²) in [6, 6.07) is 8.75. The summed E-state index contributed by atoms with van der Waals surface area (Å²) in [6.45, 7) is 1.77. The maximum Gasteiger partial charge on any atom is 0.333 e.